The lowest BCUT2D eigenvalue weighted by atomic mass is 10.0. The molecule has 0 aliphatic carbocycles. The maximum Gasteiger partial charge on any atom is 0.120 e. The van der Waals surface area contributed by atoms with Crippen LogP contribution >= 0.6 is 0 Å². The van der Waals surface area contributed by atoms with Gasteiger partial charge in [0.2, 0.25) is 0 Å². The maximum atomic E-state index is 9.81. The van der Waals surface area contributed by atoms with E-state index in [0.717, 1.165) is 43.8 Å². The fourth-order valence-electron chi connectivity index (χ4n) is 2.17. The van der Waals surface area contributed by atoms with Crippen LogP contribution in [0.5, 0.6) is 11.5 Å². The Balaban J connectivity index is 2.02. The number of rotatable bonds is 3. The quantitative estimate of drug-likeness (QED) is 0.831. The fourth-order valence-corrected chi connectivity index (χ4v) is 2.17. The van der Waals surface area contributed by atoms with Crippen LogP contribution in [-0.4, -0.2) is 36.2 Å². The number of benzene rings is 1. The molecule has 1 saturated heterocycles. The van der Waals surface area contributed by atoms with Crippen molar-refractivity contribution in [2.75, 3.05) is 20.2 Å². The Morgan fingerprint density at radius 2 is 2.12 bits per heavy atom. The van der Waals surface area contributed by atoms with Gasteiger partial charge in [-0.25, -0.2) is 0 Å². The molecule has 4 heteroatoms. The summed E-state index contributed by atoms with van der Waals surface area (Å²) in [5, 5.41) is 9.81. The number of phenols is 1. The molecule has 94 valence electrons. The average Bonchev–Trinajstić information content (AvgIpc) is 2.35. The van der Waals surface area contributed by atoms with Crippen molar-refractivity contribution in [1.82, 2.24) is 4.90 Å². The van der Waals surface area contributed by atoms with Crippen molar-refractivity contribution in [3.63, 3.8) is 0 Å². The zero-order chi connectivity index (χ0) is 12.3. The standard InChI is InChI=1S/C13H20N2O2/c1-17-12-2-3-13(16)10(8-12)9-15-6-4-11(14)5-7-15/h2-3,8,11,16H,4-7,9,14H2,1H3. The number of hydrogen-bond donors (Lipinski definition) is 2. The number of ether oxygens (including phenoxy) is 1. The van der Waals surface area contributed by atoms with E-state index in [-0.39, 0.29) is 0 Å². The highest BCUT2D eigenvalue weighted by molar-refractivity contribution is 5.39. The van der Waals surface area contributed by atoms with Crippen LogP contribution in [0.1, 0.15) is 18.4 Å². The molecular weight excluding hydrogens is 216 g/mol. The lowest BCUT2D eigenvalue weighted by molar-refractivity contribution is 0.203. The minimum absolute atomic E-state index is 0.334. The summed E-state index contributed by atoms with van der Waals surface area (Å²) in [7, 11) is 1.63. The van der Waals surface area contributed by atoms with E-state index in [2.05, 4.69) is 4.90 Å². The van der Waals surface area contributed by atoms with Gasteiger partial charge in [-0.15, -0.1) is 0 Å². The summed E-state index contributed by atoms with van der Waals surface area (Å²) in [6.07, 6.45) is 2.06. The average molecular weight is 236 g/mol. The van der Waals surface area contributed by atoms with Crippen LogP contribution in [0.4, 0.5) is 0 Å². The molecule has 0 saturated carbocycles. The van der Waals surface area contributed by atoms with Crippen LogP contribution in [0.3, 0.4) is 0 Å². The molecule has 1 aliphatic heterocycles. The minimum Gasteiger partial charge on any atom is -0.508 e. The van der Waals surface area contributed by atoms with Crippen molar-refractivity contribution < 1.29 is 9.84 Å². The molecule has 0 bridgehead atoms. The summed E-state index contributed by atoms with van der Waals surface area (Å²) < 4.78 is 5.17. The lowest BCUT2D eigenvalue weighted by Gasteiger charge is -2.30. The Bertz CT molecular complexity index is 374. The molecule has 1 aliphatic rings. The zero-order valence-electron chi connectivity index (χ0n) is 10.2. The summed E-state index contributed by atoms with van der Waals surface area (Å²) in [6, 6.07) is 5.68. The number of methoxy groups -OCH3 is 1. The Morgan fingerprint density at radius 1 is 1.41 bits per heavy atom. The first kappa shape index (κ1) is 12.2. The van der Waals surface area contributed by atoms with E-state index >= 15 is 0 Å². The summed E-state index contributed by atoms with van der Waals surface area (Å²) in [5.41, 5.74) is 6.79. The van der Waals surface area contributed by atoms with Crippen molar-refractivity contribution in [2.24, 2.45) is 5.73 Å². The topological polar surface area (TPSA) is 58.7 Å². The fraction of sp³-hybridized carbons (Fsp3) is 0.538. The number of hydrogen-bond acceptors (Lipinski definition) is 4. The molecule has 0 aromatic heterocycles. The molecule has 0 unspecified atom stereocenters. The van der Waals surface area contributed by atoms with Crippen LogP contribution < -0.4 is 10.5 Å². The van der Waals surface area contributed by atoms with Gasteiger partial charge in [-0.1, -0.05) is 0 Å². The summed E-state index contributed by atoms with van der Waals surface area (Å²) in [5.74, 6) is 1.12. The third kappa shape index (κ3) is 3.11. The van der Waals surface area contributed by atoms with Crippen LogP contribution in [0.15, 0.2) is 18.2 Å². The van der Waals surface area contributed by atoms with Gasteiger partial charge in [0, 0.05) is 18.2 Å². The maximum absolute atomic E-state index is 9.81. The van der Waals surface area contributed by atoms with Crippen molar-refractivity contribution >= 4 is 0 Å². The molecule has 1 heterocycles. The first-order valence-electron chi connectivity index (χ1n) is 6.03. The smallest absolute Gasteiger partial charge is 0.120 e. The minimum atomic E-state index is 0.334. The third-order valence-electron chi connectivity index (χ3n) is 3.31. The molecule has 1 aromatic rings. The highest BCUT2D eigenvalue weighted by Crippen LogP contribution is 2.25. The van der Waals surface area contributed by atoms with Gasteiger partial charge in [-0.2, -0.15) is 0 Å². The second-order valence-corrected chi connectivity index (χ2v) is 4.61. The molecule has 1 aromatic carbocycles. The summed E-state index contributed by atoms with van der Waals surface area (Å²) in [6.45, 7) is 2.76. The van der Waals surface area contributed by atoms with E-state index in [9.17, 15) is 5.11 Å². The molecule has 0 radical (unpaired) electrons. The van der Waals surface area contributed by atoms with Crippen LogP contribution in [0, 0.1) is 0 Å². The zero-order valence-corrected chi connectivity index (χ0v) is 10.2. The van der Waals surface area contributed by atoms with E-state index in [0.29, 0.717) is 11.8 Å². The molecule has 0 atom stereocenters. The molecule has 1 fully saturated rings. The van der Waals surface area contributed by atoms with Gasteiger partial charge in [0.05, 0.1) is 7.11 Å². The molecule has 17 heavy (non-hydrogen) atoms. The highest BCUT2D eigenvalue weighted by atomic mass is 16.5. The van der Waals surface area contributed by atoms with E-state index in [1.807, 2.05) is 6.07 Å². The van der Waals surface area contributed by atoms with Gasteiger partial charge in [0.25, 0.3) is 0 Å². The summed E-state index contributed by atoms with van der Waals surface area (Å²) in [4.78, 5) is 2.32. The first-order chi connectivity index (χ1) is 8.19. The van der Waals surface area contributed by atoms with E-state index in [4.69, 9.17) is 10.5 Å². The Labute approximate surface area is 102 Å². The summed E-state index contributed by atoms with van der Waals surface area (Å²) >= 11 is 0. The second kappa shape index (κ2) is 5.38. The number of piperidine rings is 1. The number of nitrogens with zero attached hydrogens (tertiary/aromatic N) is 1. The molecular formula is C13H20N2O2. The van der Waals surface area contributed by atoms with Gasteiger partial charge in [0.15, 0.2) is 0 Å². The van der Waals surface area contributed by atoms with E-state index < -0.39 is 0 Å². The Morgan fingerprint density at radius 3 is 2.76 bits per heavy atom. The van der Waals surface area contributed by atoms with Crippen molar-refractivity contribution in [1.29, 1.82) is 0 Å². The number of phenolic OH excluding ortho intramolecular Hbond substituents is 1. The second-order valence-electron chi connectivity index (χ2n) is 4.61. The van der Waals surface area contributed by atoms with Gasteiger partial charge in [-0.3, -0.25) is 4.90 Å². The molecule has 4 nitrogen and oxygen atoms in total. The van der Waals surface area contributed by atoms with Crippen molar-refractivity contribution in [2.45, 2.75) is 25.4 Å². The predicted molar refractivity (Wildman–Crippen MR) is 67.1 cm³/mol. The third-order valence-corrected chi connectivity index (χ3v) is 3.31. The first-order valence-corrected chi connectivity index (χ1v) is 6.03. The van der Waals surface area contributed by atoms with E-state index in [1.54, 1.807) is 19.2 Å². The largest absolute Gasteiger partial charge is 0.508 e. The molecule has 0 amide bonds. The van der Waals surface area contributed by atoms with Crippen LogP contribution in [0.25, 0.3) is 0 Å². The number of aromatic hydroxyl groups is 1. The van der Waals surface area contributed by atoms with Gasteiger partial charge in [-0.05, 0) is 44.1 Å². The number of likely N-dealkylation sites (tertiary alicyclic amines) is 1. The molecule has 3 N–H and O–H groups in total. The van der Waals surface area contributed by atoms with Crippen LogP contribution in [0.2, 0.25) is 0 Å². The SMILES string of the molecule is COc1ccc(O)c(CN2CCC(N)CC2)c1. The molecule has 0 spiro atoms. The Hall–Kier alpha value is -1.26. The van der Waals surface area contributed by atoms with Crippen molar-refractivity contribution in [3.05, 3.63) is 23.8 Å². The van der Waals surface area contributed by atoms with Crippen LogP contribution in [-0.2, 0) is 6.54 Å². The lowest BCUT2D eigenvalue weighted by Crippen LogP contribution is -2.39. The van der Waals surface area contributed by atoms with Gasteiger partial charge in [0.1, 0.15) is 11.5 Å². The normalized spacial score (nSPS) is 18.2. The monoisotopic (exact) mass is 236 g/mol. The van der Waals surface area contributed by atoms with Crippen molar-refractivity contribution in [3.8, 4) is 11.5 Å². The predicted octanol–water partition coefficient (Wildman–Crippen LogP) is 1.32. The Kier molecular flexibility index (Phi) is 3.86. The van der Waals surface area contributed by atoms with E-state index in [1.165, 1.54) is 0 Å². The number of nitrogens with two attached hydrogens (primary N) is 1. The highest BCUT2D eigenvalue weighted by Gasteiger charge is 2.17. The van der Waals surface area contributed by atoms with Gasteiger partial charge >= 0.3 is 0 Å². The van der Waals surface area contributed by atoms with Gasteiger partial charge < -0.3 is 15.6 Å². The molecule has 2 rings (SSSR count).